The third-order valence-electron chi connectivity index (χ3n) is 4.13. The lowest BCUT2D eigenvalue weighted by Gasteiger charge is -2.10. The second-order valence-electron chi connectivity index (χ2n) is 6.13. The van der Waals surface area contributed by atoms with Gasteiger partial charge in [0.15, 0.2) is 11.0 Å². The molecule has 2 aromatic carbocycles. The number of halogens is 1. The standard InChI is InChI=1S/C21H17BrN4S/c1-15-4-6-16(7-5-15)14-27-21-25-24-20(17-3-2-12-23-13-17)26(21)19-10-8-18(22)9-11-19/h2-13H,14H2,1H3. The quantitative estimate of drug-likeness (QED) is 0.376. The van der Waals surface area contributed by atoms with Crippen LogP contribution in [-0.4, -0.2) is 19.7 Å². The lowest BCUT2D eigenvalue weighted by atomic mass is 10.2. The second-order valence-corrected chi connectivity index (χ2v) is 7.99. The molecule has 0 unspecified atom stereocenters. The van der Waals surface area contributed by atoms with Gasteiger partial charge in [-0.1, -0.05) is 57.5 Å². The molecule has 4 rings (SSSR count). The molecule has 0 N–H and O–H groups in total. The molecule has 4 nitrogen and oxygen atoms in total. The van der Waals surface area contributed by atoms with Crippen LogP contribution >= 0.6 is 27.7 Å². The molecule has 0 aliphatic carbocycles. The van der Waals surface area contributed by atoms with E-state index in [9.17, 15) is 0 Å². The van der Waals surface area contributed by atoms with Crippen molar-refractivity contribution < 1.29 is 0 Å². The molecule has 0 radical (unpaired) electrons. The van der Waals surface area contributed by atoms with Gasteiger partial charge in [0, 0.05) is 33.9 Å². The van der Waals surface area contributed by atoms with Crippen LogP contribution in [0, 0.1) is 6.92 Å². The van der Waals surface area contributed by atoms with Crippen molar-refractivity contribution in [2.45, 2.75) is 17.8 Å². The number of aryl methyl sites for hydroxylation is 1. The number of rotatable bonds is 5. The first kappa shape index (κ1) is 17.9. The van der Waals surface area contributed by atoms with Gasteiger partial charge >= 0.3 is 0 Å². The molecule has 0 aliphatic rings. The predicted octanol–water partition coefficient (Wildman–Crippen LogP) is 5.69. The zero-order chi connectivity index (χ0) is 18.6. The molecule has 0 saturated carbocycles. The Kier molecular flexibility index (Phi) is 5.36. The van der Waals surface area contributed by atoms with Crippen LogP contribution in [0.25, 0.3) is 17.1 Å². The van der Waals surface area contributed by atoms with Gasteiger partial charge in [-0.05, 0) is 48.9 Å². The van der Waals surface area contributed by atoms with Crippen LogP contribution in [-0.2, 0) is 5.75 Å². The Morgan fingerprint density at radius 1 is 0.963 bits per heavy atom. The molecule has 0 amide bonds. The van der Waals surface area contributed by atoms with E-state index in [-0.39, 0.29) is 0 Å². The van der Waals surface area contributed by atoms with Gasteiger partial charge in [0.25, 0.3) is 0 Å². The first-order valence-electron chi connectivity index (χ1n) is 8.51. The molecule has 134 valence electrons. The first-order valence-corrected chi connectivity index (χ1v) is 10.3. The summed E-state index contributed by atoms with van der Waals surface area (Å²) in [5, 5.41) is 9.77. The number of hydrogen-bond acceptors (Lipinski definition) is 4. The first-order chi connectivity index (χ1) is 13.2. The highest BCUT2D eigenvalue weighted by atomic mass is 79.9. The molecule has 27 heavy (non-hydrogen) atoms. The molecule has 2 heterocycles. The minimum Gasteiger partial charge on any atom is -0.270 e. The Bertz CT molecular complexity index is 1030. The summed E-state index contributed by atoms with van der Waals surface area (Å²) in [6.45, 7) is 2.10. The van der Waals surface area contributed by atoms with E-state index in [1.807, 2.05) is 30.5 Å². The number of benzene rings is 2. The van der Waals surface area contributed by atoms with E-state index in [1.165, 1.54) is 11.1 Å². The molecule has 2 aromatic heterocycles. The zero-order valence-corrected chi connectivity index (χ0v) is 17.1. The van der Waals surface area contributed by atoms with Crippen molar-refractivity contribution in [3.05, 3.63) is 88.7 Å². The maximum Gasteiger partial charge on any atom is 0.196 e. The lowest BCUT2D eigenvalue weighted by Crippen LogP contribution is -2.00. The van der Waals surface area contributed by atoms with E-state index in [1.54, 1.807) is 18.0 Å². The monoisotopic (exact) mass is 436 g/mol. The van der Waals surface area contributed by atoms with Crippen LogP contribution in [0.3, 0.4) is 0 Å². The van der Waals surface area contributed by atoms with E-state index in [2.05, 4.69) is 79.0 Å². The Morgan fingerprint density at radius 3 is 2.44 bits per heavy atom. The molecule has 0 fully saturated rings. The number of thioether (sulfide) groups is 1. The van der Waals surface area contributed by atoms with Crippen LogP contribution in [0.2, 0.25) is 0 Å². The van der Waals surface area contributed by atoms with Crippen molar-refractivity contribution in [2.75, 3.05) is 0 Å². The average molecular weight is 437 g/mol. The van der Waals surface area contributed by atoms with Gasteiger partial charge in [-0.2, -0.15) is 0 Å². The van der Waals surface area contributed by atoms with Crippen LogP contribution in [0.4, 0.5) is 0 Å². The largest absolute Gasteiger partial charge is 0.270 e. The van der Waals surface area contributed by atoms with Gasteiger partial charge in [0.1, 0.15) is 0 Å². The van der Waals surface area contributed by atoms with Gasteiger partial charge in [0.2, 0.25) is 0 Å². The number of aromatic nitrogens is 4. The summed E-state index contributed by atoms with van der Waals surface area (Å²) in [5.41, 5.74) is 4.49. The molecular weight excluding hydrogens is 420 g/mol. The van der Waals surface area contributed by atoms with E-state index in [4.69, 9.17) is 0 Å². The summed E-state index contributed by atoms with van der Waals surface area (Å²) in [6, 6.07) is 20.7. The topological polar surface area (TPSA) is 43.6 Å². The summed E-state index contributed by atoms with van der Waals surface area (Å²) >= 11 is 5.18. The van der Waals surface area contributed by atoms with Crippen LogP contribution in [0.15, 0.2) is 82.7 Å². The molecular formula is C21H17BrN4S. The Hall–Kier alpha value is -2.44. The molecule has 0 aliphatic heterocycles. The zero-order valence-electron chi connectivity index (χ0n) is 14.7. The smallest absolute Gasteiger partial charge is 0.196 e. The van der Waals surface area contributed by atoms with Crippen LogP contribution < -0.4 is 0 Å². The normalized spacial score (nSPS) is 10.9. The average Bonchev–Trinajstić information content (AvgIpc) is 3.13. The molecule has 0 bridgehead atoms. The molecule has 0 saturated heterocycles. The van der Waals surface area contributed by atoms with E-state index in [0.29, 0.717) is 0 Å². The summed E-state index contributed by atoms with van der Waals surface area (Å²) in [6.07, 6.45) is 3.57. The SMILES string of the molecule is Cc1ccc(CSc2nnc(-c3cccnc3)n2-c2ccc(Br)cc2)cc1. The van der Waals surface area contributed by atoms with Crippen molar-refractivity contribution >= 4 is 27.7 Å². The van der Waals surface area contributed by atoms with Gasteiger partial charge < -0.3 is 0 Å². The Labute approximate surface area is 170 Å². The summed E-state index contributed by atoms with van der Waals surface area (Å²) < 4.78 is 3.12. The number of pyridine rings is 1. The molecule has 4 aromatic rings. The fourth-order valence-corrected chi connectivity index (χ4v) is 3.87. The highest BCUT2D eigenvalue weighted by Crippen LogP contribution is 2.30. The second kappa shape index (κ2) is 8.06. The van der Waals surface area contributed by atoms with Crippen molar-refractivity contribution in [1.82, 2.24) is 19.7 Å². The summed E-state index contributed by atoms with van der Waals surface area (Å²) in [5.74, 6) is 1.62. The predicted molar refractivity (Wildman–Crippen MR) is 113 cm³/mol. The van der Waals surface area contributed by atoms with Gasteiger partial charge in [-0.3, -0.25) is 9.55 Å². The number of nitrogens with zero attached hydrogens (tertiary/aromatic N) is 4. The molecule has 0 atom stereocenters. The highest BCUT2D eigenvalue weighted by Gasteiger charge is 2.16. The molecule has 0 spiro atoms. The maximum atomic E-state index is 4.46. The van der Waals surface area contributed by atoms with E-state index >= 15 is 0 Å². The van der Waals surface area contributed by atoms with E-state index in [0.717, 1.165) is 32.5 Å². The van der Waals surface area contributed by atoms with Gasteiger partial charge in [-0.25, -0.2) is 0 Å². The summed E-state index contributed by atoms with van der Waals surface area (Å²) in [4.78, 5) is 4.23. The highest BCUT2D eigenvalue weighted by molar-refractivity contribution is 9.10. The van der Waals surface area contributed by atoms with Gasteiger partial charge in [0.05, 0.1) is 0 Å². The maximum absolute atomic E-state index is 4.46. The molecule has 6 heteroatoms. The third-order valence-corrected chi connectivity index (χ3v) is 5.66. The van der Waals surface area contributed by atoms with Crippen molar-refractivity contribution in [1.29, 1.82) is 0 Å². The van der Waals surface area contributed by atoms with Crippen LogP contribution in [0.1, 0.15) is 11.1 Å². The van der Waals surface area contributed by atoms with Crippen molar-refractivity contribution in [2.24, 2.45) is 0 Å². The minimum atomic E-state index is 0.789. The van der Waals surface area contributed by atoms with Crippen LogP contribution in [0.5, 0.6) is 0 Å². The van der Waals surface area contributed by atoms with Gasteiger partial charge in [-0.15, -0.1) is 10.2 Å². The third kappa shape index (κ3) is 4.12. The minimum absolute atomic E-state index is 0.789. The lowest BCUT2D eigenvalue weighted by molar-refractivity contribution is 0.885. The fraction of sp³-hybridized carbons (Fsp3) is 0.0952. The summed E-state index contributed by atoms with van der Waals surface area (Å²) in [7, 11) is 0. The Balaban J connectivity index is 1.71. The van der Waals surface area contributed by atoms with Crippen molar-refractivity contribution in [3.63, 3.8) is 0 Å². The van der Waals surface area contributed by atoms with Crippen molar-refractivity contribution in [3.8, 4) is 17.1 Å². The fourth-order valence-electron chi connectivity index (χ4n) is 2.70. The van der Waals surface area contributed by atoms with E-state index < -0.39 is 0 Å². The Morgan fingerprint density at radius 2 is 1.74 bits per heavy atom. The number of hydrogen-bond donors (Lipinski definition) is 0.